The van der Waals surface area contributed by atoms with Crippen molar-refractivity contribution in [2.45, 2.75) is 297 Å². The Balaban J connectivity index is 0.828. The van der Waals surface area contributed by atoms with Gasteiger partial charge in [0.15, 0.2) is 0 Å². The molecule has 0 radical (unpaired) electrons. The van der Waals surface area contributed by atoms with Gasteiger partial charge in [-0.2, -0.15) is 0 Å². The minimum absolute atomic E-state index is 0.543. The molecule has 13 fully saturated rings. The lowest BCUT2D eigenvalue weighted by Gasteiger charge is -2.56. The number of rotatable bonds is 6. The summed E-state index contributed by atoms with van der Waals surface area (Å²) >= 11 is 0. The predicted molar refractivity (Wildman–Crippen MR) is 285 cm³/mol. The Labute approximate surface area is 421 Å². The van der Waals surface area contributed by atoms with Crippen LogP contribution in [0.1, 0.15) is 261 Å². The summed E-state index contributed by atoms with van der Waals surface area (Å²) in [6.45, 7) is 22.4. The van der Waals surface area contributed by atoms with E-state index < -0.39 is 0 Å². The average Bonchev–Trinajstić information content (AvgIpc) is 3.92. The molecule has 0 aliphatic heterocycles. The molecule has 0 amide bonds. The second kappa shape index (κ2) is 17.8. The first-order valence-electron chi connectivity index (χ1n) is 32.3. The van der Waals surface area contributed by atoms with E-state index in [2.05, 4.69) is 65.2 Å². The van der Waals surface area contributed by atoms with Crippen molar-refractivity contribution in [3.05, 3.63) is 0 Å². The summed E-state index contributed by atoms with van der Waals surface area (Å²) in [6.07, 6.45) is 49.3. The molecule has 22 atom stereocenters. The third-order valence-corrected chi connectivity index (χ3v) is 28.8. The van der Waals surface area contributed by atoms with Crippen molar-refractivity contribution in [3.8, 4) is 0 Å². The van der Waals surface area contributed by atoms with Crippen LogP contribution in [0.15, 0.2) is 0 Å². The highest BCUT2D eigenvalue weighted by atomic mass is 15.3. The van der Waals surface area contributed by atoms with Gasteiger partial charge in [0.2, 0.25) is 0 Å². The van der Waals surface area contributed by atoms with E-state index in [9.17, 15) is 0 Å². The molecule has 68 heavy (non-hydrogen) atoms. The van der Waals surface area contributed by atoms with E-state index in [1.807, 2.05) is 0 Å². The summed E-state index contributed by atoms with van der Waals surface area (Å²) in [5, 5.41) is 0. The third kappa shape index (κ3) is 7.39. The standard InChI is InChI=1S/C66H110N2/c1-63(2)55-24-13-9-20-47(55)51-32-28-43(37-59(51)63)67(44-29-33-52-48-21-10-14-25-56(48)64(3,4)60(52)38-44)41-18-17-19-42(36-41)68(45-30-34-53-49-22-11-15-26-57(49)65(5,6)61(53)39-45)46-31-35-54-50-23-12-16-27-58(50)66(7,8)62(54)40-46/h41-62H,9-40H2,1-8H3. The van der Waals surface area contributed by atoms with Gasteiger partial charge in [-0.25, -0.2) is 0 Å². The van der Waals surface area contributed by atoms with Crippen LogP contribution in [0, 0.1) is 116 Å². The van der Waals surface area contributed by atoms with Crippen molar-refractivity contribution in [3.63, 3.8) is 0 Å². The zero-order chi connectivity index (χ0) is 46.5. The van der Waals surface area contributed by atoms with Gasteiger partial charge in [0.1, 0.15) is 0 Å². The largest absolute Gasteiger partial charge is 0.294 e. The summed E-state index contributed by atoms with van der Waals surface area (Å²) in [4.78, 5) is 7.08. The molecule has 0 bridgehead atoms. The third-order valence-electron chi connectivity index (χ3n) is 28.8. The van der Waals surface area contributed by atoms with Crippen molar-refractivity contribution in [2.24, 2.45) is 116 Å². The molecule has 13 aliphatic carbocycles. The highest BCUT2D eigenvalue weighted by molar-refractivity contribution is 5.13. The lowest BCUT2D eigenvalue weighted by atomic mass is 9.65. The van der Waals surface area contributed by atoms with Crippen LogP contribution >= 0.6 is 0 Å². The van der Waals surface area contributed by atoms with Gasteiger partial charge in [-0.05, 0) is 264 Å². The molecule has 0 aromatic carbocycles. The molecule has 0 aromatic rings. The molecule has 384 valence electrons. The Hall–Kier alpha value is -0.0800. The molecule has 2 nitrogen and oxygen atoms in total. The molecule has 22 unspecified atom stereocenters. The highest BCUT2D eigenvalue weighted by Gasteiger charge is 2.63. The molecule has 0 aromatic heterocycles. The fraction of sp³-hybridized carbons (Fsp3) is 1.00. The predicted octanol–water partition coefficient (Wildman–Crippen LogP) is 17.4. The molecule has 0 saturated heterocycles. The van der Waals surface area contributed by atoms with Crippen LogP contribution in [0.4, 0.5) is 0 Å². The molecule has 0 heterocycles. The number of nitrogens with zero attached hydrogens (tertiary/aromatic N) is 2. The first kappa shape index (κ1) is 47.6. The maximum Gasteiger partial charge on any atom is 0.0116 e. The fourth-order valence-corrected chi connectivity index (χ4v) is 26.2. The summed E-state index contributed by atoms with van der Waals surface area (Å²) in [7, 11) is 0. The van der Waals surface area contributed by atoms with Gasteiger partial charge < -0.3 is 0 Å². The molecule has 13 rings (SSSR count). The van der Waals surface area contributed by atoms with E-state index in [4.69, 9.17) is 0 Å². The van der Waals surface area contributed by atoms with Crippen molar-refractivity contribution >= 4 is 0 Å². The lowest BCUT2D eigenvalue weighted by Crippen LogP contribution is -2.60. The zero-order valence-corrected chi connectivity index (χ0v) is 46.2. The van der Waals surface area contributed by atoms with Crippen molar-refractivity contribution in [1.29, 1.82) is 0 Å². The van der Waals surface area contributed by atoms with Crippen LogP contribution in [-0.4, -0.2) is 46.1 Å². The topological polar surface area (TPSA) is 6.48 Å². The first-order chi connectivity index (χ1) is 32.7. The number of hydrogen-bond acceptors (Lipinski definition) is 2. The molecule has 13 saturated carbocycles. The Bertz CT molecular complexity index is 1550. The van der Waals surface area contributed by atoms with Crippen molar-refractivity contribution < 1.29 is 0 Å². The summed E-state index contributed by atoms with van der Waals surface area (Å²) in [5.41, 5.74) is 2.17. The van der Waals surface area contributed by atoms with Gasteiger partial charge >= 0.3 is 0 Å². The Morgan fingerprint density at radius 2 is 0.426 bits per heavy atom. The van der Waals surface area contributed by atoms with Gasteiger partial charge in [-0.15, -0.1) is 0 Å². The minimum Gasteiger partial charge on any atom is -0.294 e. The first-order valence-corrected chi connectivity index (χ1v) is 32.3. The number of fused-ring (bicyclic) bond motifs is 12. The lowest BCUT2D eigenvalue weighted by molar-refractivity contribution is -0.0665. The Morgan fingerprint density at radius 3 is 0.691 bits per heavy atom. The van der Waals surface area contributed by atoms with E-state index in [1.165, 1.54) is 103 Å². The van der Waals surface area contributed by atoms with Gasteiger partial charge in [0.25, 0.3) is 0 Å². The molecule has 0 N–H and O–H groups in total. The average molecular weight is 932 g/mol. The molecular formula is C66H110N2. The van der Waals surface area contributed by atoms with E-state index in [-0.39, 0.29) is 0 Å². The second-order valence-corrected chi connectivity index (χ2v) is 31.8. The summed E-state index contributed by atoms with van der Waals surface area (Å²) in [5.74, 6) is 16.3. The van der Waals surface area contributed by atoms with Crippen LogP contribution in [0.3, 0.4) is 0 Å². The smallest absolute Gasteiger partial charge is 0.0116 e. The van der Waals surface area contributed by atoms with Gasteiger partial charge in [-0.1, -0.05) is 113 Å². The van der Waals surface area contributed by atoms with Crippen LogP contribution in [-0.2, 0) is 0 Å². The normalized spacial score (nSPS) is 53.0. The summed E-state index contributed by atoms with van der Waals surface area (Å²) in [6, 6.07) is 5.02. The van der Waals surface area contributed by atoms with E-state index in [0.717, 1.165) is 131 Å². The van der Waals surface area contributed by atoms with Crippen molar-refractivity contribution in [1.82, 2.24) is 9.80 Å². The summed E-state index contributed by atoms with van der Waals surface area (Å²) < 4.78 is 0. The van der Waals surface area contributed by atoms with Gasteiger partial charge in [0.05, 0.1) is 0 Å². The minimum atomic E-state index is 0.543. The molecule has 13 aliphatic rings. The molecule has 2 heteroatoms. The monoisotopic (exact) mass is 931 g/mol. The van der Waals surface area contributed by atoms with Crippen LogP contribution in [0.2, 0.25) is 0 Å². The fourth-order valence-electron chi connectivity index (χ4n) is 26.2. The van der Waals surface area contributed by atoms with Gasteiger partial charge in [0, 0.05) is 36.3 Å². The zero-order valence-electron chi connectivity index (χ0n) is 46.2. The number of hydrogen-bond donors (Lipinski definition) is 0. The van der Waals surface area contributed by atoms with Crippen LogP contribution in [0.5, 0.6) is 0 Å². The van der Waals surface area contributed by atoms with Crippen LogP contribution < -0.4 is 0 Å². The van der Waals surface area contributed by atoms with Crippen molar-refractivity contribution in [2.75, 3.05) is 0 Å². The molecular weight excluding hydrogens is 821 g/mol. The van der Waals surface area contributed by atoms with E-state index in [1.54, 1.807) is 103 Å². The van der Waals surface area contributed by atoms with Crippen LogP contribution in [0.25, 0.3) is 0 Å². The Kier molecular flexibility index (Phi) is 12.4. The maximum atomic E-state index is 3.54. The van der Waals surface area contributed by atoms with E-state index in [0.29, 0.717) is 21.7 Å². The molecule has 0 spiro atoms. The Morgan fingerprint density at radius 1 is 0.206 bits per heavy atom. The SMILES string of the molecule is CC1(C)C2CCCCC2C2CCC(N(C3CCCC(N(C4CCC5C6CCCCC6C(C)(C)C5C4)C4CCC5C6CCCCC6C(C)(C)C5C4)C3)C3CCC4C5CCCCC5C(C)(C)C4C3)CC21. The maximum absolute atomic E-state index is 3.54. The van der Waals surface area contributed by atoms with Gasteiger partial charge in [-0.3, -0.25) is 9.80 Å². The van der Waals surface area contributed by atoms with E-state index >= 15 is 0 Å². The second-order valence-electron chi connectivity index (χ2n) is 31.8. The highest BCUT2D eigenvalue weighted by Crippen LogP contribution is 2.68. The quantitative estimate of drug-likeness (QED) is 0.262.